The number of halogens is 1. The summed E-state index contributed by atoms with van der Waals surface area (Å²) in [6.07, 6.45) is 2.94. The molecule has 13 heavy (non-hydrogen) atoms. The van der Waals surface area contributed by atoms with E-state index in [0.29, 0.717) is 12.2 Å². The maximum absolute atomic E-state index is 8.28. The van der Waals surface area contributed by atoms with E-state index in [1.54, 1.807) is 12.3 Å². The highest BCUT2D eigenvalue weighted by molar-refractivity contribution is 6.28. The van der Waals surface area contributed by atoms with Gasteiger partial charge in [-0.25, -0.2) is 9.97 Å². The maximum Gasteiger partial charge on any atom is 0.224 e. The number of anilines is 1. The van der Waals surface area contributed by atoms with Crippen LogP contribution in [0.5, 0.6) is 0 Å². The number of nitrogens with zero attached hydrogens (tertiary/aromatic N) is 3. The van der Waals surface area contributed by atoms with Gasteiger partial charge in [-0.15, -0.1) is 0 Å². The zero-order valence-corrected chi connectivity index (χ0v) is 7.75. The first-order chi connectivity index (χ1) is 6.33. The Morgan fingerprint density at radius 3 is 3.15 bits per heavy atom. The third-order valence-electron chi connectivity index (χ3n) is 1.40. The van der Waals surface area contributed by atoms with E-state index in [9.17, 15) is 0 Å². The van der Waals surface area contributed by atoms with Crippen LogP contribution in [-0.4, -0.2) is 16.5 Å². The summed E-state index contributed by atoms with van der Waals surface area (Å²) < 4.78 is 0. The number of unbranched alkanes of at least 4 members (excludes halogenated alkanes) is 1. The number of nitriles is 1. The van der Waals surface area contributed by atoms with E-state index >= 15 is 0 Å². The Hall–Kier alpha value is -1.34. The average molecular weight is 197 g/mol. The summed E-state index contributed by atoms with van der Waals surface area (Å²) in [5.41, 5.74) is 0. The van der Waals surface area contributed by atoms with Crippen molar-refractivity contribution in [2.45, 2.75) is 12.8 Å². The summed E-state index contributed by atoms with van der Waals surface area (Å²) >= 11 is 5.57. The summed E-state index contributed by atoms with van der Waals surface area (Å²) in [7, 11) is 0. The molecular weight excluding hydrogens is 188 g/mol. The Morgan fingerprint density at radius 2 is 2.46 bits per heavy atom. The SMILES string of the molecule is N#CCCCNc1ccnc(Cl)n1. The molecule has 0 amide bonds. The van der Waals surface area contributed by atoms with Crippen LogP contribution in [0.2, 0.25) is 5.28 Å². The lowest BCUT2D eigenvalue weighted by molar-refractivity contribution is 0.890. The molecule has 1 rings (SSSR count). The minimum atomic E-state index is 0.227. The van der Waals surface area contributed by atoms with E-state index in [1.165, 1.54) is 0 Å². The van der Waals surface area contributed by atoms with Crippen molar-refractivity contribution in [1.82, 2.24) is 9.97 Å². The van der Waals surface area contributed by atoms with Crippen molar-refractivity contribution in [3.8, 4) is 6.07 Å². The van der Waals surface area contributed by atoms with Crippen molar-refractivity contribution in [3.63, 3.8) is 0 Å². The smallest absolute Gasteiger partial charge is 0.224 e. The zero-order valence-electron chi connectivity index (χ0n) is 7.00. The normalized spacial score (nSPS) is 9.23. The molecule has 0 aliphatic heterocycles. The maximum atomic E-state index is 8.28. The predicted octanol–water partition coefficient (Wildman–Crippen LogP) is 1.85. The molecule has 1 aromatic rings. The van der Waals surface area contributed by atoms with Crippen LogP contribution in [0.4, 0.5) is 5.82 Å². The van der Waals surface area contributed by atoms with Gasteiger partial charge >= 0.3 is 0 Å². The van der Waals surface area contributed by atoms with Crippen molar-refractivity contribution in [3.05, 3.63) is 17.5 Å². The first-order valence-electron chi connectivity index (χ1n) is 3.92. The molecule has 68 valence electrons. The molecule has 5 heteroatoms. The van der Waals surface area contributed by atoms with E-state index in [2.05, 4.69) is 21.4 Å². The van der Waals surface area contributed by atoms with Gasteiger partial charge in [-0.3, -0.25) is 0 Å². The highest BCUT2D eigenvalue weighted by Gasteiger charge is 1.94. The largest absolute Gasteiger partial charge is 0.370 e. The Labute approximate surface area is 81.6 Å². The molecule has 0 spiro atoms. The van der Waals surface area contributed by atoms with E-state index in [-0.39, 0.29) is 5.28 Å². The molecule has 0 saturated heterocycles. The summed E-state index contributed by atoms with van der Waals surface area (Å²) in [6.45, 7) is 0.723. The standard InChI is InChI=1S/C8H9ClN4/c9-8-12-6-3-7(13-8)11-5-2-1-4-10/h3,6H,1-2,5H2,(H,11,12,13). The fourth-order valence-corrected chi connectivity index (χ4v) is 0.965. The average Bonchev–Trinajstić information content (AvgIpc) is 2.13. The molecule has 1 N–H and O–H groups in total. The van der Waals surface area contributed by atoms with Gasteiger partial charge < -0.3 is 5.32 Å². The van der Waals surface area contributed by atoms with Gasteiger partial charge in [-0.1, -0.05) is 0 Å². The first kappa shape index (κ1) is 9.75. The predicted molar refractivity (Wildman–Crippen MR) is 50.4 cm³/mol. The van der Waals surface area contributed by atoms with Crippen molar-refractivity contribution < 1.29 is 0 Å². The molecule has 0 aliphatic rings. The van der Waals surface area contributed by atoms with Gasteiger partial charge in [0.1, 0.15) is 5.82 Å². The lowest BCUT2D eigenvalue weighted by atomic mass is 10.3. The van der Waals surface area contributed by atoms with Crippen LogP contribution in [0.15, 0.2) is 12.3 Å². The monoisotopic (exact) mass is 196 g/mol. The van der Waals surface area contributed by atoms with Gasteiger partial charge in [-0.2, -0.15) is 5.26 Å². The number of nitrogens with one attached hydrogen (secondary N) is 1. The number of hydrogen-bond donors (Lipinski definition) is 1. The number of rotatable bonds is 4. The number of aromatic nitrogens is 2. The van der Waals surface area contributed by atoms with Crippen molar-refractivity contribution in [2.75, 3.05) is 11.9 Å². The topological polar surface area (TPSA) is 61.6 Å². The Morgan fingerprint density at radius 1 is 1.62 bits per heavy atom. The van der Waals surface area contributed by atoms with E-state index in [1.807, 2.05) is 0 Å². The van der Waals surface area contributed by atoms with Gasteiger partial charge in [0.15, 0.2) is 0 Å². The Kier molecular flexibility index (Phi) is 4.00. The molecule has 0 unspecified atom stereocenters. The van der Waals surface area contributed by atoms with Crippen molar-refractivity contribution >= 4 is 17.4 Å². The Balaban J connectivity index is 2.33. The summed E-state index contributed by atoms with van der Waals surface area (Å²) in [6, 6.07) is 3.80. The van der Waals surface area contributed by atoms with Gasteiger partial charge in [0.25, 0.3) is 0 Å². The van der Waals surface area contributed by atoms with Crippen LogP contribution in [0.25, 0.3) is 0 Å². The van der Waals surface area contributed by atoms with E-state index in [0.717, 1.165) is 13.0 Å². The third-order valence-corrected chi connectivity index (χ3v) is 1.58. The fraction of sp³-hybridized carbons (Fsp3) is 0.375. The lowest BCUT2D eigenvalue weighted by Gasteiger charge is -2.02. The summed E-state index contributed by atoms with van der Waals surface area (Å²) in [5.74, 6) is 0.693. The van der Waals surface area contributed by atoms with E-state index in [4.69, 9.17) is 16.9 Å². The van der Waals surface area contributed by atoms with Crippen LogP contribution in [-0.2, 0) is 0 Å². The molecule has 0 aromatic carbocycles. The highest BCUT2D eigenvalue weighted by atomic mass is 35.5. The molecule has 1 heterocycles. The van der Waals surface area contributed by atoms with Crippen LogP contribution >= 0.6 is 11.6 Å². The molecule has 4 nitrogen and oxygen atoms in total. The van der Waals surface area contributed by atoms with Gasteiger partial charge in [-0.05, 0) is 24.1 Å². The second kappa shape index (κ2) is 5.33. The zero-order chi connectivity index (χ0) is 9.52. The minimum absolute atomic E-state index is 0.227. The van der Waals surface area contributed by atoms with Crippen molar-refractivity contribution in [1.29, 1.82) is 5.26 Å². The van der Waals surface area contributed by atoms with Crippen LogP contribution in [0, 0.1) is 11.3 Å². The Bertz CT molecular complexity index is 307. The molecular formula is C8H9ClN4. The van der Waals surface area contributed by atoms with Gasteiger partial charge in [0.05, 0.1) is 6.07 Å². The van der Waals surface area contributed by atoms with Gasteiger partial charge in [0.2, 0.25) is 5.28 Å². The third kappa shape index (κ3) is 3.72. The quantitative estimate of drug-likeness (QED) is 0.590. The minimum Gasteiger partial charge on any atom is -0.370 e. The van der Waals surface area contributed by atoms with Crippen molar-refractivity contribution in [2.24, 2.45) is 0 Å². The molecule has 0 saturated carbocycles. The molecule has 0 atom stereocenters. The van der Waals surface area contributed by atoms with E-state index < -0.39 is 0 Å². The summed E-state index contributed by atoms with van der Waals surface area (Å²) in [5, 5.41) is 11.5. The second-order valence-electron chi connectivity index (χ2n) is 2.40. The molecule has 1 aromatic heterocycles. The number of hydrogen-bond acceptors (Lipinski definition) is 4. The molecule has 0 radical (unpaired) electrons. The molecule has 0 bridgehead atoms. The lowest BCUT2D eigenvalue weighted by Crippen LogP contribution is -2.03. The summed E-state index contributed by atoms with van der Waals surface area (Å²) in [4.78, 5) is 7.68. The van der Waals surface area contributed by atoms with Crippen LogP contribution < -0.4 is 5.32 Å². The second-order valence-corrected chi connectivity index (χ2v) is 2.74. The fourth-order valence-electron chi connectivity index (χ4n) is 0.817. The molecule has 0 aliphatic carbocycles. The first-order valence-corrected chi connectivity index (χ1v) is 4.30. The molecule has 0 fully saturated rings. The van der Waals surface area contributed by atoms with Crippen LogP contribution in [0.1, 0.15) is 12.8 Å². The van der Waals surface area contributed by atoms with Gasteiger partial charge in [0, 0.05) is 19.2 Å². The highest BCUT2D eigenvalue weighted by Crippen LogP contribution is 2.05. The van der Waals surface area contributed by atoms with Crippen LogP contribution in [0.3, 0.4) is 0 Å².